The first kappa shape index (κ1) is 9.80. The SMILES string of the molecule is Oc1ccc(Nc2ccc(Cl)cn2)cc1. The van der Waals surface area contributed by atoms with Crippen molar-refractivity contribution in [3.8, 4) is 5.75 Å². The Bertz CT molecular complexity index is 396. The summed E-state index contributed by atoms with van der Waals surface area (Å²) < 4.78 is 0. The van der Waals surface area contributed by atoms with Crippen LogP contribution in [0.2, 0.25) is 5.02 Å². The highest BCUT2D eigenvalue weighted by molar-refractivity contribution is 6.30. The number of nitrogens with zero attached hydrogens (tertiary/aromatic N) is 1. The normalized spacial score (nSPS) is 9.93. The monoisotopic (exact) mass is 220 g/mol. The molecule has 4 heteroatoms. The van der Waals surface area contributed by atoms with Crippen LogP contribution in [0.5, 0.6) is 5.75 Å². The molecule has 0 aliphatic carbocycles. The minimum Gasteiger partial charge on any atom is -0.508 e. The molecule has 0 radical (unpaired) electrons. The molecule has 1 heterocycles. The minimum absolute atomic E-state index is 0.240. The molecule has 2 N–H and O–H groups in total. The lowest BCUT2D eigenvalue weighted by atomic mass is 10.3. The van der Waals surface area contributed by atoms with Crippen molar-refractivity contribution < 1.29 is 5.11 Å². The summed E-state index contributed by atoms with van der Waals surface area (Å²) in [5.41, 5.74) is 0.864. The Morgan fingerprint density at radius 1 is 1.07 bits per heavy atom. The van der Waals surface area contributed by atoms with Crippen molar-refractivity contribution in [2.75, 3.05) is 5.32 Å². The smallest absolute Gasteiger partial charge is 0.130 e. The Kier molecular flexibility index (Phi) is 2.74. The molecule has 2 aromatic rings. The average Bonchev–Trinajstić information content (AvgIpc) is 2.25. The molecule has 0 fully saturated rings. The first-order valence-electron chi connectivity index (χ1n) is 4.42. The molecule has 76 valence electrons. The second kappa shape index (κ2) is 4.19. The number of benzene rings is 1. The third-order valence-electron chi connectivity index (χ3n) is 1.87. The van der Waals surface area contributed by atoms with Gasteiger partial charge in [0.1, 0.15) is 11.6 Å². The van der Waals surface area contributed by atoms with Crippen molar-refractivity contribution in [1.82, 2.24) is 4.98 Å². The Morgan fingerprint density at radius 3 is 2.40 bits per heavy atom. The standard InChI is InChI=1S/C11H9ClN2O/c12-8-1-6-11(13-7-8)14-9-2-4-10(15)5-3-9/h1-7,15H,(H,13,14). The summed E-state index contributed by atoms with van der Waals surface area (Å²) in [6.07, 6.45) is 1.57. The minimum atomic E-state index is 0.240. The summed E-state index contributed by atoms with van der Waals surface area (Å²) in [6.45, 7) is 0. The van der Waals surface area contributed by atoms with Crippen LogP contribution in [0.25, 0.3) is 0 Å². The Balaban J connectivity index is 2.15. The number of hydrogen-bond donors (Lipinski definition) is 2. The third-order valence-corrected chi connectivity index (χ3v) is 2.09. The van der Waals surface area contributed by atoms with E-state index < -0.39 is 0 Å². The average molecular weight is 221 g/mol. The van der Waals surface area contributed by atoms with Gasteiger partial charge in [0.05, 0.1) is 5.02 Å². The largest absolute Gasteiger partial charge is 0.508 e. The van der Waals surface area contributed by atoms with Gasteiger partial charge in [-0.15, -0.1) is 0 Å². The molecule has 0 spiro atoms. The zero-order chi connectivity index (χ0) is 10.7. The van der Waals surface area contributed by atoms with E-state index in [1.54, 1.807) is 42.6 Å². The van der Waals surface area contributed by atoms with Crippen LogP contribution in [0.1, 0.15) is 0 Å². The lowest BCUT2D eigenvalue weighted by Gasteiger charge is -2.04. The molecule has 0 bridgehead atoms. The number of aromatic nitrogens is 1. The van der Waals surface area contributed by atoms with Crippen molar-refractivity contribution in [2.24, 2.45) is 0 Å². The van der Waals surface area contributed by atoms with Gasteiger partial charge in [-0.25, -0.2) is 4.98 Å². The Labute approximate surface area is 92.4 Å². The topological polar surface area (TPSA) is 45.1 Å². The van der Waals surface area contributed by atoms with E-state index in [4.69, 9.17) is 16.7 Å². The van der Waals surface area contributed by atoms with E-state index in [0.717, 1.165) is 5.69 Å². The zero-order valence-corrected chi connectivity index (χ0v) is 8.57. The molecule has 0 atom stereocenters. The molecular weight excluding hydrogens is 212 g/mol. The van der Waals surface area contributed by atoms with Crippen molar-refractivity contribution >= 4 is 23.1 Å². The maximum Gasteiger partial charge on any atom is 0.130 e. The number of rotatable bonds is 2. The van der Waals surface area contributed by atoms with Gasteiger partial charge in [-0.05, 0) is 36.4 Å². The van der Waals surface area contributed by atoms with Gasteiger partial charge in [0.25, 0.3) is 0 Å². The number of aromatic hydroxyl groups is 1. The lowest BCUT2D eigenvalue weighted by Crippen LogP contribution is -1.91. The fourth-order valence-corrected chi connectivity index (χ4v) is 1.25. The molecule has 3 nitrogen and oxygen atoms in total. The maximum atomic E-state index is 9.10. The predicted molar refractivity (Wildman–Crippen MR) is 60.6 cm³/mol. The van der Waals surface area contributed by atoms with E-state index in [9.17, 15) is 0 Å². The van der Waals surface area contributed by atoms with Gasteiger partial charge in [-0.3, -0.25) is 0 Å². The highest BCUT2D eigenvalue weighted by atomic mass is 35.5. The van der Waals surface area contributed by atoms with Gasteiger partial charge in [-0.1, -0.05) is 11.6 Å². The number of nitrogens with one attached hydrogen (secondary N) is 1. The number of phenolic OH excluding ortho intramolecular Hbond substituents is 1. The van der Waals surface area contributed by atoms with Gasteiger partial charge in [0.2, 0.25) is 0 Å². The van der Waals surface area contributed by atoms with E-state index in [1.165, 1.54) is 0 Å². The molecule has 0 unspecified atom stereocenters. The quantitative estimate of drug-likeness (QED) is 0.764. The molecule has 0 saturated carbocycles. The van der Waals surface area contributed by atoms with Gasteiger partial charge in [0, 0.05) is 11.9 Å². The highest BCUT2D eigenvalue weighted by Gasteiger charge is 1.95. The Hall–Kier alpha value is -1.74. The van der Waals surface area contributed by atoms with Crippen molar-refractivity contribution in [3.05, 3.63) is 47.6 Å². The molecule has 1 aromatic heterocycles. The highest BCUT2D eigenvalue weighted by Crippen LogP contribution is 2.18. The number of hydrogen-bond acceptors (Lipinski definition) is 3. The number of anilines is 2. The van der Waals surface area contributed by atoms with E-state index in [0.29, 0.717) is 10.8 Å². The van der Waals surface area contributed by atoms with Crippen molar-refractivity contribution in [3.63, 3.8) is 0 Å². The van der Waals surface area contributed by atoms with Gasteiger partial charge in [-0.2, -0.15) is 0 Å². The van der Waals surface area contributed by atoms with E-state index >= 15 is 0 Å². The first-order valence-corrected chi connectivity index (χ1v) is 4.79. The van der Waals surface area contributed by atoms with Crippen LogP contribution in [0.15, 0.2) is 42.6 Å². The van der Waals surface area contributed by atoms with Crippen molar-refractivity contribution in [2.45, 2.75) is 0 Å². The number of phenols is 1. The molecule has 2 rings (SSSR count). The van der Waals surface area contributed by atoms with Crippen LogP contribution in [0.4, 0.5) is 11.5 Å². The molecule has 1 aromatic carbocycles. The second-order valence-electron chi connectivity index (χ2n) is 3.03. The summed E-state index contributed by atoms with van der Waals surface area (Å²) in [7, 11) is 0. The predicted octanol–water partition coefficient (Wildman–Crippen LogP) is 3.18. The molecule has 0 aliphatic heterocycles. The molecule has 0 amide bonds. The number of pyridine rings is 1. The third kappa shape index (κ3) is 2.60. The Morgan fingerprint density at radius 2 is 1.80 bits per heavy atom. The maximum absolute atomic E-state index is 9.10. The van der Waals surface area contributed by atoms with E-state index in [2.05, 4.69) is 10.3 Å². The molecule has 15 heavy (non-hydrogen) atoms. The zero-order valence-electron chi connectivity index (χ0n) is 7.81. The fourth-order valence-electron chi connectivity index (χ4n) is 1.14. The van der Waals surface area contributed by atoms with E-state index in [1.807, 2.05) is 0 Å². The van der Waals surface area contributed by atoms with Crippen LogP contribution in [-0.4, -0.2) is 10.1 Å². The van der Waals surface area contributed by atoms with Crippen LogP contribution in [0, 0.1) is 0 Å². The molecule has 0 aliphatic rings. The van der Waals surface area contributed by atoms with Crippen LogP contribution in [0.3, 0.4) is 0 Å². The van der Waals surface area contributed by atoms with Gasteiger partial charge < -0.3 is 10.4 Å². The second-order valence-corrected chi connectivity index (χ2v) is 3.47. The summed E-state index contributed by atoms with van der Waals surface area (Å²) in [6, 6.07) is 10.3. The summed E-state index contributed by atoms with van der Waals surface area (Å²) >= 11 is 5.71. The first-order chi connectivity index (χ1) is 7.24. The van der Waals surface area contributed by atoms with Gasteiger partial charge in [0.15, 0.2) is 0 Å². The van der Waals surface area contributed by atoms with Crippen molar-refractivity contribution in [1.29, 1.82) is 0 Å². The fraction of sp³-hybridized carbons (Fsp3) is 0. The van der Waals surface area contributed by atoms with Crippen LogP contribution >= 0.6 is 11.6 Å². The summed E-state index contributed by atoms with van der Waals surface area (Å²) in [5, 5.41) is 12.8. The van der Waals surface area contributed by atoms with E-state index in [-0.39, 0.29) is 5.75 Å². The summed E-state index contributed by atoms with van der Waals surface area (Å²) in [5.74, 6) is 0.953. The molecule has 0 saturated heterocycles. The number of halogens is 1. The molecular formula is C11H9ClN2O. The van der Waals surface area contributed by atoms with Crippen LogP contribution in [-0.2, 0) is 0 Å². The lowest BCUT2D eigenvalue weighted by molar-refractivity contribution is 0.475. The summed E-state index contributed by atoms with van der Waals surface area (Å²) in [4.78, 5) is 4.09. The van der Waals surface area contributed by atoms with Crippen LogP contribution < -0.4 is 5.32 Å². The van der Waals surface area contributed by atoms with Gasteiger partial charge >= 0.3 is 0 Å².